The lowest BCUT2D eigenvalue weighted by molar-refractivity contribution is 0.456. The number of nitrogens with zero attached hydrogens (tertiary/aromatic N) is 3. The van der Waals surface area contributed by atoms with Gasteiger partial charge in [0.2, 0.25) is 5.96 Å². The van der Waals surface area contributed by atoms with Gasteiger partial charge in [-0.25, -0.2) is 4.99 Å². The van der Waals surface area contributed by atoms with Crippen molar-refractivity contribution < 1.29 is 4.52 Å². The highest BCUT2D eigenvalue weighted by atomic mass is 16.5. The highest BCUT2D eigenvalue weighted by Crippen LogP contribution is 2.20. The maximum atomic E-state index is 8.31. The second-order valence-electron chi connectivity index (χ2n) is 2.78. The fraction of sp³-hybridized carbons (Fsp3) is 0. The highest BCUT2D eigenvalue weighted by molar-refractivity contribution is 5.85. The number of nitriles is 1. The summed E-state index contributed by atoms with van der Waals surface area (Å²) in [5.41, 5.74) is 6.72. The number of guanidine groups is 1. The molecule has 3 N–H and O–H groups in total. The van der Waals surface area contributed by atoms with Crippen molar-refractivity contribution in [1.29, 1.82) is 5.26 Å². The molecule has 1 heterocycles. The number of aromatic nitrogens is 1. The van der Waals surface area contributed by atoms with Gasteiger partial charge in [0.25, 0.3) is 0 Å². The number of aliphatic imine (C=N–C) groups is 1. The standard InChI is InChI=1S/C9H7N5O/c10-5-12-9(11)14-7-1-2-8-6(3-7)4-13-15-8/h1-4H,(H3,11,12,14). The lowest BCUT2D eigenvalue weighted by Crippen LogP contribution is -2.26. The Kier molecular flexibility index (Phi) is 2.21. The molecule has 0 spiro atoms. The summed E-state index contributed by atoms with van der Waals surface area (Å²) in [4.78, 5) is 3.97. The molecule has 0 aliphatic heterocycles. The highest BCUT2D eigenvalue weighted by Gasteiger charge is 1.99. The molecule has 2 rings (SSSR count). The Morgan fingerprint density at radius 3 is 3.27 bits per heavy atom. The predicted molar refractivity (Wildman–Crippen MR) is 54.0 cm³/mol. The van der Waals surface area contributed by atoms with Gasteiger partial charge in [0.1, 0.15) is 0 Å². The summed E-state index contributed by atoms with van der Waals surface area (Å²) in [6.07, 6.45) is 3.27. The maximum Gasteiger partial charge on any atom is 0.207 e. The second-order valence-corrected chi connectivity index (χ2v) is 2.78. The van der Waals surface area contributed by atoms with Crippen LogP contribution in [0, 0.1) is 11.5 Å². The Labute approximate surface area is 85.0 Å². The smallest absolute Gasteiger partial charge is 0.207 e. The molecule has 0 aliphatic carbocycles. The number of fused-ring (bicyclic) bond motifs is 1. The summed E-state index contributed by atoms with van der Waals surface area (Å²) >= 11 is 0. The third-order valence-electron chi connectivity index (χ3n) is 1.77. The first-order valence-corrected chi connectivity index (χ1v) is 4.13. The zero-order valence-corrected chi connectivity index (χ0v) is 7.64. The zero-order valence-electron chi connectivity index (χ0n) is 7.64. The molecule has 0 fully saturated rings. The summed E-state index contributed by atoms with van der Waals surface area (Å²) < 4.78 is 4.93. The van der Waals surface area contributed by atoms with Gasteiger partial charge >= 0.3 is 0 Å². The Morgan fingerprint density at radius 2 is 2.47 bits per heavy atom. The van der Waals surface area contributed by atoms with Gasteiger partial charge in [-0.3, -0.25) is 5.32 Å². The second kappa shape index (κ2) is 3.67. The average Bonchev–Trinajstić information content (AvgIpc) is 2.65. The van der Waals surface area contributed by atoms with Crippen LogP contribution in [0.2, 0.25) is 0 Å². The molecule has 1 aromatic carbocycles. The molecule has 2 aromatic rings. The predicted octanol–water partition coefficient (Wildman–Crippen LogP) is 0.845. The fourth-order valence-corrected chi connectivity index (χ4v) is 1.15. The largest absolute Gasteiger partial charge is 0.369 e. The SMILES string of the molecule is N#CNC(N)=Nc1ccc2oncc2c1. The van der Waals surface area contributed by atoms with Crippen LogP contribution in [0.5, 0.6) is 0 Å². The van der Waals surface area contributed by atoms with Crippen LogP contribution in [-0.4, -0.2) is 11.1 Å². The molecule has 0 saturated heterocycles. The molecule has 0 atom stereocenters. The van der Waals surface area contributed by atoms with Gasteiger partial charge in [0.15, 0.2) is 11.8 Å². The number of rotatable bonds is 1. The van der Waals surface area contributed by atoms with E-state index in [1.807, 2.05) is 0 Å². The zero-order chi connectivity index (χ0) is 10.7. The van der Waals surface area contributed by atoms with E-state index in [0.29, 0.717) is 11.3 Å². The van der Waals surface area contributed by atoms with Gasteiger partial charge in [-0.2, -0.15) is 5.26 Å². The number of nitrogens with one attached hydrogen (secondary N) is 1. The number of hydrogen-bond acceptors (Lipinski definition) is 4. The van der Waals surface area contributed by atoms with Gasteiger partial charge in [0, 0.05) is 5.39 Å². The van der Waals surface area contributed by atoms with Crippen LogP contribution in [0.15, 0.2) is 33.9 Å². The molecule has 0 amide bonds. The van der Waals surface area contributed by atoms with Crippen LogP contribution >= 0.6 is 0 Å². The van der Waals surface area contributed by atoms with E-state index in [4.69, 9.17) is 15.5 Å². The molecule has 6 nitrogen and oxygen atoms in total. The van der Waals surface area contributed by atoms with Gasteiger partial charge in [0.05, 0.1) is 11.9 Å². The van der Waals surface area contributed by atoms with Gasteiger partial charge in [-0.05, 0) is 18.2 Å². The van der Waals surface area contributed by atoms with Crippen molar-refractivity contribution in [2.24, 2.45) is 10.7 Å². The first-order valence-electron chi connectivity index (χ1n) is 4.13. The Morgan fingerprint density at radius 1 is 1.60 bits per heavy atom. The topological polar surface area (TPSA) is 100 Å². The molecular formula is C9H7N5O. The lowest BCUT2D eigenvalue weighted by Gasteiger charge is -1.96. The molecule has 0 radical (unpaired) electrons. The van der Waals surface area contributed by atoms with Gasteiger partial charge in [-0.1, -0.05) is 5.16 Å². The number of hydrogen-bond donors (Lipinski definition) is 2. The molecule has 0 unspecified atom stereocenters. The quantitative estimate of drug-likeness (QED) is 0.308. The number of benzene rings is 1. The average molecular weight is 201 g/mol. The third-order valence-corrected chi connectivity index (χ3v) is 1.77. The molecule has 6 heteroatoms. The van der Waals surface area contributed by atoms with E-state index < -0.39 is 0 Å². The van der Waals surface area contributed by atoms with Gasteiger partial charge < -0.3 is 10.3 Å². The van der Waals surface area contributed by atoms with E-state index >= 15 is 0 Å². The summed E-state index contributed by atoms with van der Waals surface area (Å²) in [7, 11) is 0. The van der Waals surface area contributed by atoms with Gasteiger partial charge in [-0.15, -0.1) is 0 Å². The minimum atomic E-state index is 0.0494. The Hall–Kier alpha value is -2.55. The van der Waals surface area contributed by atoms with Crippen molar-refractivity contribution in [3.63, 3.8) is 0 Å². The first-order chi connectivity index (χ1) is 7.29. The molecule has 0 bridgehead atoms. The fourth-order valence-electron chi connectivity index (χ4n) is 1.15. The van der Waals surface area contributed by atoms with Crippen LogP contribution in [-0.2, 0) is 0 Å². The van der Waals surface area contributed by atoms with Crippen LogP contribution in [0.1, 0.15) is 0 Å². The molecule has 0 saturated carbocycles. The van der Waals surface area contributed by atoms with E-state index in [0.717, 1.165) is 5.39 Å². The van der Waals surface area contributed by atoms with Crippen molar-refractivity contribution in [1.82, 2.24) is 10.5 Å². The minimum absolute atomic E-state index is 0.0494. The monoisotopic (exact) mass is 201 g/mol. The van der Waals surface area contributed by atoms with Crippen molar-refractivity contribution in [2.45, 2.75) is 0 Å². The van der Waals surface area contributed by atoms with E-state index in [2.05, 4.69) is 15.5 Å². The Balaban J connectivity index is 2.37. The minimum Gasteiger partial charge on any atom is -0.369 e. The first kappa shape index (κ1) is 9.02. The van der Waals surface area contributed by atoms with Crippen molar-refractivity contribution in [3.8, 4) is 6.19 Å². The number of nitrogens with two attached hydrogens (primary N) is 1. The third kappa shape index (κ3) is 1.86. The summed E-state index contributed by atoms with van der Waals surface area (Å²) in [6, 6.07) is 5.22. The van der Waals surface area contributed by atoms with E-state index in [1.54, 1.807) is 30.6 Å². The normalized spacial score (nSPS) is 11.3. The summed E-state index contributed by atoms with van der Waals surface area (Å²) in [5, 5.41) is 15.0. The molecule has 0 aliphatic rings. The Bertz CT molecular complexity index is 551. The summed E-state index contributed by atoms with van der Waals surface area (Å²) in [5.74, 6) is 0.0494. The van der Waals surface area contributed by atoms with E-state index in [1.165, 1.54) is 0 Å². The lowest BCUT2D eigenvalue weighted by atomic mass is 10.2. The molecule has 1 aromatic heterocycles. The summed E-state index contributed by atoms with van der Waals surface area (Å²) in [6.45, 7) is 0. The van der Waals surface area contributed by atoms with Crippen LogP contribution in [0.4, 0.5) is 5.69 Å². The molecule has 15 heavy (non-hydrogen) atoms. The van der Waals surface area contributed by atoms with Crippen LogP contribution < -0.4 is 11.1 Å². The molecule has 74 valence electrons. The van der Waals surface area contributed by atoms with Crippen LogP contribution in [0.25, 0.3) is 11.0 Å². The van der Waals surface area contributed by atoms with Crippen molar-refractivity contribution in [2.75, 3.05) is 0 Å². The van der Waals surface area contributed by atoms with Crippen LogP contribution in [0.3, 0.4) is 0 Å². The van der Waals surface area contributed by atoms with Crippen molar-refractivity contribution >= 4 is 22.6 Å². The van der Waals surface area contributed by atoms with E-state index in [-0.39, 0.29) is 5.96 Å². The maximum absolute atomic E-state index is 8.31. The van der Waals surface area contributed by atoms with E-state index in [9.17, 15) is 0 Å². The molecular weight excluding hydrogens is 194 g/mol. The van der Waals surface area contributed by atoms with Crippen molar-refractivity contribution in [3.05, 3.63) is 24.4 Å².